The van der Waals surface area contributed by atoms with Gasteiger partial charge in [-0.25, -0.2) is 4.98 Å². The molecule has 0 aliphatic heterocycles. The number of carbonyl (C=O) groups is 1. The molecule has 0 aromatic carbocycles. The molecule has 2 heterocycles. The van der Waals surface area contributed by atoms with Crippen molar-refractivity contribution in [2.45, 2.75) is 32.9 Å². The zero-order valence-corrected chi connectivity index (χ0v) is 11.7. The third-order valence-electron chi connectivity index (χ3n) is 2.90. The van der Waals surface area contributed by atoms with Crippen LogP contribution in [0, 0.1) is 0 Å². The Kier molecular flexibility index (Phi) is 3.97. The van der Waals surface area contributed by atoms with Crippen LogP contribution in [-0.2, 0) is 0 Å². The Morgan fingerprint density at radius 3 is 2.75 bits per heavy atom. The first-order valence-corrected chi connectivity index (χ1v) is 6.42. The summed E-state index contributed by atoms with van der Waals surface area (Å²) in [6.07, 6.45) is 1.65. The molecule has 0 saturated heterocycles. The Balaban J connectivity index is 2.13. The van der Waals surface area contributed by atoms with Gasteiger partial charge in [0, 0.05) is 6.04 Å². The van der Waals surface area contributed by atoms with Crippen LogP contribution in [0.4, 0.5) is 5.82 Å². The molecular formula is C13H18N6O. The summed E-state index contributed by atoms with van der Waals surface area (Å²) in [6, 6.07) is 4.90. The molecule has 2 aromatic rings. The van der Waals surface area contributed by atoms with Gasteiger partial charge in [0.25, 0.3) is 5.91 Å². The minimum absolute atomic E-state index is 0.227. The van der Waals surface area contributed by atoms with Crippen molar-refractivity contribution in [3.63, 3.8) is 0 Å². The lowest BCUT2D eigenvalue weighted by Crippen LogP contribution is -2.29. The number of nitrogens with one attached hydrogen (secondary N) is 1. The summed E-state index contributed by atoms with van der Waals surface area (Å²) < 4.78 is 1.91. The number of rotatable bonds is 4. The van der Waals surface area contributed by atoms with Crippen molar-refractivity contribution >= 4 is 11.7 Å². The average molecular weight is 274 g/mol. The van der Waals surface area contributed by atoms with Crippen molar-refractivity contribution in [2.75, 3.05) is 5.73 Å². The van der Waals surface area contributed by atoms with E-state index in [1.165, 1.54) is 0 Å². The zero-order valence-electron chi connectivity index (χ0n) is 11.7. The molecule has 1 amide bonds. The standard InChI is InChI=1S/C13H18N6O/c1-8(2)19-7-15-18-12(19)9(3)16-13(20)10-5-4-6-11(14)17-10/h4-9H,1-3H3,(H2,14,17)(H,16,20). The molecule has 1 unspecified atom stereocenters. The van der Waals surface area contributed by atoms with Gasteiger partial charge in [0.1, 0.15) is 17.8 Å². The monoisotopic (exact) mass is 274 g/mol. The SMILES string of the molecule is CC(NC(=O)c1cccc(N)n1)c1nncn1C(C)C. The smallest absolute Gasteiger partial charge is 0.270 e. The molecule has 20 heavy (non-hydrogen) atoms. The molecular weight excluding hydrogens is 256 g/mol. The first kappa shape index (κ1) is 14.0. The normalized spacial score (nSPS) is 12.4. The molecule has 0 fully saturated rings. The fraction of sp³-hybridized carbons (Fsp3) is 0.385. The highest BCUT2D eigenvalue weighted by atomic mass is 16.1. The molecule has 2 rings (SSSR count). The molecule has 0 aliphatic rings. The number of hydrogen-bond acceptors (Lipinski definition) is 5. The van der Waals surface area contributed by atoms with Gasteiger partial charge in [0.2, 0.25) is 0 Å². The third kappa shape index (κ3) is 2.93. The van der Waals surface area contributed by atoms with E-state index in [1.54, 1.807) is 24.5 Å². The molecule has 106 valence electrons. The zero-order chi connectivity index (χ0) is 14.7. The maximum atomic E-state index is 12.1. The first-order chi connectivity index (χ1) is 9.49. The minimum Gasteiger partial charge on any atom is -0.384 e. The lowest BCUT2D eigenvalue weighted by atomic mass is 10.2. The van der Waals surface area contributed by atoms with Crippen LogP contribution < -0.4 is 11.1 Å². The van der Waals surface area contributed by atoms with Gasteiger partial charge < -0.3 is 15.6 Å². The second kappa shape index (κ2) is 5.68. The van der Waals surface area contributed by atoms with Crippen molar-refractivity contribution in [3.05, 3.63) is 36.0 Å². The Bertz CT molecular complexity index is 606. The molecule has 2 aromatic heterocycles. The van der Waals surface area contributed by atoms with Crippen LogP contribution in [0.5, 0.6) is 0 Å². The van der Waals surface area contributed by atoms with Crippen molar-refractivity contribution in [3.8, 4) is 0 Å². The summed E-state index contributed by atoms with van der Waals surface area (Å²) in [5.74, 6) is 0.732. The number of pyridine rings is 1. The van der Waals surface area contributed by atoms with Crippen molar-refractivity contribution in [2.24, 2.45) is 0 Å². The van der Waals surface area contributed by atoms with E-state index in [2.05, 4.69) is 20.5 Å². The molecule has 1 atom stereocenters. The van der Waals surface area contributed by atoms with E-state index in [1.807, 2.05) is 25.3 Å². The first-order valence-electron chi connectivity index (χ1n) is 6.42. The molecule has 7 nitrogen and oxygen atoms in total. The van der Waals surface area contributed by atoms with Gasteiger partial charge in [-0.05, 0) is 32.9 Å². The highest BCUT2D eigenvalue weighted by Crippen LogP contribution is 2.14. The van der Waals surface area contributed by atoms with Gasteiger partial charge in [0.15, 0.2) is 5.82 Å². The number of nitrogen functional groups attached to an aromatic ring is 1. The highest BCUT2D eigenvalue weighted by Gasteiger charge is 2.18. The maximum Gasteiger partial charge on any atom is 0.270 e. The number of anilines is 1. The van der Waals surface area contributed by atoms with E-state index in [0.29, 0.717) is 11.6 Å². The summed E-state index contributed by atoms with van der Waals surface area (Å²) in [5.41, 5.74) is 5.85. The van der Waals surface area contributed by atoms with E-state index in [4.69, 9.17) is 5.73 Å². The number of hydrogen-bond donors (Lipinski definition) is 2. The van der Waals surface area contributed by atoms with Crippen molar-refractivity contribution < 1.29 is 4.79 Å². The molecule has 0 bridgehead atoms. The molecule has 0 saturated carbocycles. The largest absolute Gasteiger partial charge is 0.384 e. The van der Waals surface area contributed by atoms with Gasteiger partial charge in [0.05, 0.1) is 6.04 Å². The Hall–Kier alpha value is -2.44. The predicted octanol–water partition coefficient (Wildman–Crippen LogP) is 1.33. The third-order valence-corrected chi connectivity index (χ3v) is 2.90. The van der Waals surface area contributed by atoms with Crippen LogP contribution in [0.3, 0.4) is 0 Å². The summed E-state index contributed by atoms with van der Waals surface area (Å²) in [4.78, 5) is 16.1. The van der Waals surface area contributed by atoms with Crippen LogP contribution in [0.25, 0.3) is 0 Å². The van der Waals surface area contributed by atoms with E-state index in [0.717, 1.165) is 0 Å². The van der Waals surface area contributed by atoms with E-state index in [-0.39, 0.29) is 23.7 Å². The number of nitrogens with two attached hydrogens (primary N) is 1. The summed E-state index contributed by atoms with van der Waals surface area (Å²) in [5, 5.41) is 10.8. The number of nitrogens with zero attached hydrogens (tertiary/aromatic N) is 4. The topological polar surface area (TPSA) is 98.7 Å². The quantitative estimate of drug-likeness (QED) is 0.876. The van der Waals surface area contributed by atoms with Crippen LogP contribution >= 0.6 is 0 Å². The Morgan fingerprint density at radius 2 is 2.10 bits per heavy atom. The number of amides is 1. The van der Waals surface area contributed by atoms with Gasteiger partial charge in [-0.15, -0.1) is 10.2 Å². The highest BCUT2D eigenvalue weighted by molar-refractivity contribution is 5.92. The van der Waals surface area contributed by atoms with E-state index in [9.17, 15) is 4.79 Å². The van der Waals surface area contributed by atoms with E-state index < -0.39 is 0 Å². The molecule has 7 heteroatoms. The second-order valence-corrected chi connectivity index (χ2v) is 4.83. The maximum absolute atomic E-state index is 12.1. The predicted molar refractivity (Wildman–Crippen MR) is 74.9 cm³/mol. The van der Waals surface area contributed by atoms with Crippen LogP contribution in [0.2, 0.25) is 0 Å². The minimum atomic E-state index is -0.289. The van der Waals surface area contributed by atoms with Gasteiger partial charge >= 0.3 is 0 Å². The Morgan fingerprint density at radius 1 is 1.35 bits per heavy atom. The number of carbonyl (C=O) groups excluding carboxylic acids is 1. The van der Waals surface area contributed by atoms with Gasteiger partial charge in [-0.1, -0.05) is 6.07 Å². The Labute approximate surface area is 117 Å². The fourth-order valence-corrected chi connectivity index (χ4v) is 1.87. The second-order valence-electron chi connectivity index (χ2n) is 4.83. The van der Waals surface area contributed by atoms with E-state index >= 15 is 0 Å². The van der Waals surface area contributed by atoms with Crippen molar-refractivity contribution in [1.29, 1.82) is 0 Å². The summed E-state index contributed by atoms with van der Waals surface area (Å²) in [7, 11) is 0. The lowest BCUT2D eigenvalue weighted by Gasteiger charge is -2.16. The van der Waals surface area contributed by atoms with Crippen molar-refractivity contribution in [1.82, 2.24) is 25.1 Å². The van der Waals surface area contributed by atoms with Gasteiger partial charge in [-0.3, -0.25) is 4.79 Å². The van der Waals surface area contributed by atoms with Crippen LogP contribution in [0.15, 0.2) is 24.5 Å². The summed E-state index contributed by atoms with van der Waals surface area (Å²) in [6.45, 7) is 5.91. The molecule has 0 spiro atoms. The average Bonchev–Trinajstić information content (AvgIpc) is 2.88. The molecule has 3 N–H and O–H groups in total. The number of aromatic nitrogens is 4. The van der Waals surface area contributed by atoms with Gasteiger partial charge in [-0.2, -0.15) is 0 Å². The van der Waals surface area contributed by atoms with Crippen LogP contribution in [0.1, 0.15) is 49.2 Å². The summed E-state index contributed by atoms with van der Waals surface area (Å²) >= 11 is 0. The molecule has 0 aliphatic carbocycles. The fourth-order valence-electron chi connectivity index (χ4n) is 1.87. The van der Waals surface area contributed by atoms with Crippen LogP contribution in [-0.4, -0.2) is 25.7 Å². The molecule has 0 radical (unpaired) electrons. The lowest BCUT2D eigenvalue weighted by molar-refractivity contribution is 0.0932.